The number of nitrogens with zero attached hydrogens (tertiary/aromatic N) is 1. The molecule has 0 atom stereocenters. The highest BCUT2D eigenvalue weighted by Crippen LogP contribution is 2.24. The van der Waals surface area contributed by atoms with Gasteiger partial charge in [0.25, 0.3) is 11.8 Å². The highest BCUT2D eigenvalue weighted by Gasteiger charge is 2.22. The van der Waals surface area contributed by atoms with Crippen LogP contribution in [-0.2, 0) is 0 Å². The van der Waals surface area contributed by atoms with Crippen molar-refractivity contribution in [3.05, 3.63) is 58.1 Å². The van der Waals surface area contributed by atoms with E-state index >= 15 is 0 Å². The Morgan fingerprint density at radius 3 is 2.61 bits per heavy atom. The lowest BCUT2D eigenvalue weighted by Crippen LogP contribution is -2.38. The Balaban J connectivity index is 1.64. The maximum Gasteiger partial charge on any atom is 0.261 e. The van der Waals surface area contributed by atoms with Gasteiger partial charge in [0.2, 0.25) is 0 Å². The van der Waals surface area contributed by atoms with Crippen molar-refractivity contribution in [2.24, 2.45) is 11.8 Å². The minimum atomic E-state index is -0.373. The van der Waals surface area contributed by atoms with Crippen molar-refractivity contribution in [3.8, 4) is 5.75 Å². The topological polar surface area (TPSA) is 70.7 Å². The average Bonchev–Trinajstić information content (AvgIpc) is 2.78. The van der Waals surface area contributed by atoms with Crippen LogP contribution in [0, 0.1) is 11.8 Å². The molecule has 0 bridgehead atoms. The third-order valence-electron chi connectivity index (χ3n) is 5.42. The molecule has 1 heterocycles. The van der Waals surface area contributed by atoms with Gasteiger partial charge >= 0.3 is 0 Å². The molecular weight excluding hydrogens is 502 g/mol. The maximum absolute atomic E-state index is 12.9. The average molecular weight is 533 g/mol. The van der Waals surface area contributed by atoms with Crippen molar-refractivity contribution < 1.29 is 14.3 Å². The number of thiocarbonyl (C=S) groups is 1. The maximum atomic E-state index is 12.9. The summed E-state index contributed by atoms with van der Waals surface area (Å²) in [5.74, 6) is 1.12. The van der Waals surface area contributed by atoms with Crippen molar-refractivity contribution >= 4 is 50.8 Å². The summed E-state index contributed by atoms with van der Waals surface area (Å²) in [7, 11) is 0. The molecule has 0 aromatic heterocycles. The standard InChI is InChI=1S/C25H30BrN3O3S/c1-16(2)15-32-22-8-7-19(26)14-21(22)23(30)28-25(33)27-20-6-4-5-18(13-20)24(31)29-11-9-17(3)10-12-29/h4-8,13-14,16-17H,9-12,15H2,1-3H3,(H2,27,28,30,33). The van der Waals surface area contributed by atoms with Crippen molar-refractivity contribution in [1.82, 2.24) is 10.2 Å². The van der Waals surface area contributed by atoms with E-state index in [1.165, 1.54) is 0 Å². The summed E-state index contributed by atoms with van der Waals surface area (Å²) in [5, 5.41) is 5.86. The number of anilines is 1. The van der Waals surface area contributed by atoms with Gasteiger partial charge in [0.1, 0.15) is 5.75 Å². The van der Waals surface area contributed by atoms with Crippen LogP contribution in [0.4, 0.5) is 5.69 Å². The van der Waals surface area contributed by atoms with E-state index < -0.39 is 0 Å². The number of carbonyl (C=O) groups is 2. The summed E-state index contributed by atoms with van der Waals surface area (Å²) in [6.07, 6.45) is 2.05. The molecule has 1 fully saturated rings. The number of piperidine rings is 1. The number of likely N-dealkylation sites (tertiary alicyclic amines) is 1. The third-order valence-corrected chi connectivity index (χ3v) is 6.12. The van der Waals surface area contributed by atoms with E-state index in [4.69, 9.17) is 17.0 Å². The Morgan fingerprint density at radius 2 is 1.91 bits per heavy atom. The monoisotopic (exact) mass is 531 g/mol. The summed E-state index contributed by atoms with van der Waals surface area (Å²) in [5.41, 5.74) is 1.62. The first-order valence-corrected chi connectivity index (χ1v) is 12.4. The minimum Gasteiger partial charge on any atom is -0.492 e. The van der Waals surface area contributed by atoms with Crippen LogP contribution >= 0.6 is 28.1 Å². The van der Waals surface area contributed by atoms with Crippen LogP contribution in [0.2, 0.25) is 0 Å². The normalized spacial score (nSPS) is 14.2. The fourth-order valence-electron chi connectivity index (χ4n) is 3.52. The molecule has 176 valence electrons. The molecule has 1 aliphatic rings. The second-order valence-corrected chi connectivity index (χ2v) is 10.1. The molecular formula is C25H30BrN3O3S. The zero-order valence-corrected chi connectivity index (χ0v) is 21.6. The number of rotatable bonds is 6. The van der Waals surface area contributed by atoms with Gasteiger partial charge in [0.05, 0.1) is 12.2 Å². The van der Waals surface area contributed by atoms with E-state index in [1.54, 1.807) is 30.3 Å². The molecule has 2 aromatic carbocycles. The molecule has 33 heavy (non-hydrogen) atoms. The molecule has 2 amide bonds. The smallest absolute Gasteiger partial charge is 0.261 e. The first kappa shape index (κ1) is 25.2. The zero-order chi connectivity index (χ0) is 24.0. The molecule has 2 aromatic rings. The second kappa shape index (κ2) is 11.6. The van der Waals surface area contributed by atoms with Gasteiger partial charge in [0, 0.05) is 28.8 Å². The number of amides is 2. The molecule has 0 spiro atoms. The number of hydrogen-bond donors (Lipinski definition) is 2. The van der Waals surface area contributed by atoms with E-state index in [2.05, 4.69) is 33.5 Å². The Labute approximate surface area is 209 Å². The van der Waals surface area contributed by atoms with Crippen LogP contribution in [0.3, 0.4) is 0 Å². The Kier molecular flexibility index (Phi) is 8.86. The summed E-state index contributed by atoms with van der Waals surface area (Å²) in [6.45, 7) is 8.36. The lowest BCUT2D eigenvalue weighted by atomic mass is 9.98. The number of benzene rings is 2. The van der Waals surface area contributed by atoms with Crippen molar-refractivity contribution in [3.63, 3.8) is 0 Å². The van der Waals surface area contributed by atoms with Gasteiger partial charge in [-0.3, -0.25) is 14.9 Å². The predicted octanol–water partition coefficient (Wildman–Crippen LogP) is 5.48. The van der Waals surface area contributed by atoms with Crippen LogP contribution in [0.15, 0.2) is 46.9 Å². The summed E-state index contributed by atoms with van der Waals surface area (Å²) >= 11 is 8.75. The van der Waals surface area contributed by atoms with Gasteiger partial charge in [-0.2, -0.15) is 0 Å². The van der Waals surface area contributed by atoms with Crippen LogP contribution in [-0.4, -0.2) is 41.5 Å². The van der Waals surface area contributed by atoms with E-state index in [0.29, 0.717) is 41.0 Å². The quantitative estimate of drug-likeness (QED) is 0.482. The molecule has 0 aliphatic carbocycles. The molecule has 6 nitrogen and oxygen atoms in total. The number of nitrogens with one attached hydrogen (secondary N) is 2. The Hall–Kier alpha value is -2.45. The highest BCUT2D eigenvalue weighted by atomic mass is 79.9. The fourth-order valence-corrected chi connectivity index (χ4v) is 4.09. The molecule has 0 unspecified atom stereocenters. The van der Waals surface area contributed by atoms with Gasteiger partial charge in [-0.1, -0.05) is 42.8 Å². The molecule has 1 saturated heterocycles. The summed E-state index contributed by atoms with van der Waals surface area (Å²) in [6, 6.07) is 12.5. The first-order valence-electron chi connectivity index (χ1n) is 11.2. The van der Waals surface area contributed by atoms with Gasteiger partial charge in [-0.25, -0.2) is 0 Å². The molecule has 8 heteroatoms. The SMILES string of the molecule is CC(C)COc1ccc(Br)cc1C(=O)NC(=S)Nc1cccc(C(=O)N2CCC(C)CC2)c1. The summed E-state index contributed by atoms with van der Waals surface area (Å²) < 4.78 is 6.56. The fraction of sp³-hybridized carbons (Fsp3) is 0.400. The van der Waals surface area contributed by atoms with Crippen molar-refractivity contribution in [2.75, 3.05) is 25.0 Å². The second-order valence-electron chi connectivity index (χ2n) is 8.81. The van der Waals surface area contributed by atoms with E-state index in [9.17, 15) is 9.59 Å². The van der Waals surface area contributed by atoms with Crippen LogP contribution < -0.4 is 15.4 Å². The van der Waals surface area contributed by atoms with Crippen molar-refractivity contribution in [1.29, 1.82) is 0 Å². The van der Waals surface area contributed by atoms with Gasteiger partial charge < -0.3 is 15.0 Å². The van der Waals surface area contributed by atoms with Gasteiger partial charge in [0.15, 0.2) is 5.11 Å². The van der Waals surface area contributed by atoms with Crippen molar-refractivity contribution in [2.45, 2.75) is 33.6 Å². The molecule has 2 N–H and O–H groups in total. The first-order chi connectivity index (χ1) is 15.7. The van der Waals surface area contributed by atoms with Crippen LogP contribution in [0.5, 0.6) is 5.75 Å². The lowest BCUT2D eigenvalue weighted by Gasteiger charge is -2.30. The molecule has 3 rings (SSSR count). The largest absolute Gasteiger partial charge is 0.492 e. The Morgan fingerprint density at radius 1 is 1.18 bits per heavy atom. The van der Waals surface area contributed by atoms with Crippen LogP contribution in [0.1, 0.15) is 54.3 Å². The van der Waals surface area contributed by atoms with E-state index in [1.807, 2.05) is 30.9 Å². The van der Waals surface area contributed by atoms with E-state index in [0.717, 1.165) is 30.4 Å². The highest BCUT2D eigenvalue weighted by molar-refractivity contribution is 9.10. The Bertz CT molecular complexity index is 1020. The summed E-state index contributed by atoms with van der Waals surface area (Å²) in [4.78, 5) is 27.6. The lowest BCUT2D eigenvalue weighted by molar-refractivity contribution is 0.0697. The van der Waals surface area contributed by atoms with E-state index in [-0.39, 0.29) is 16.9 Å². The predicted molar refractivity (Wildman–Crippen MR) is 139 cm³/mol. The third kappa shape index (κ3) is 7.27. The molecule has 0 saturated carbocycles. The number of halogens is 1. The number of hydrogen-bond acceptors (Lipinski definition) is 4. The number of carbonyl (C=O) groups excluding carboxylic acids is 2. The molecule has 1 aliphatic heterocycles. The van der Waals surface area contributed by atoms with Crippen LogP contribution in [0.25, 0.3) is 0 Å². The van der Waals surface area contributed by atoms with Gasteiger partial charge in [-0.05, 0) is 73.3 Å². The molecule has 0 radical (unpaired) electrons. The zero-order valence-electron chi connectivity index (χ0n) is 19.2. The number of ether oxygens (including phenoxy) is 1. The minimum absolute atomic E-state index is 0.0154. The van der Waals surface area contributed by atoms with Gasteiger partial charge in [-0.15, -0.1) is 0 Å².